The quantitative estimate of drug-likeness (QED) is 0.814. The summed E-state index contributed by atoms with van der Waals surface area (Å²) in [4.78, 5) is 14.1. The first-order valence-corrected chi connectivity index (χ1v) is 9.29. The third-order valence-corrected chi connectivity index (χ3v) is 4.68. The summed E-state index contributed by atoms with van der Waals surface area (Å²) in [6, 6.07) is 9.85. The molecule has 1 heterocycles. The molecule has 0 unspecified atom stereocenters. The Balaban J connectivity index is 0.00000264. The molecule has 23 heavy (non-hydrogen) atoms. The SMILES string of the molecule is CSCC[C@H](N)C(=O)N1CCC(OCc2ccccc2)CC1.Cl. The van der Waals surface area contributed by atoms with E-state index in [-0.39, 0.29) is 30.5 Å². The predicted octanol–water partition coefficient (Wildman–Crippen LogP) is 2.70. The fourth-order valence-corrected chi connectivity index (χ4v) is 3.12. The van der Waals surface area contributed by atoms with Crippen LogP contribution < -0.4 is 5.73 Å². The molecule has 2 N–H and O–H groups in total. The third-order valence-electron chi connectivity index (χ3n) is 4.03. The highest BCUT2D eigenvalue weighted by Crippen LogP contribution is 2.17. The molecule has 0 radical (unpaired) electrons. The molecule has 1 aliphatic heterocycles. The molecule has 1 aromatic carbocycles. The number of thioether (sulfide) groups is 1. The molecule has 1 saturated heterocycles. The number of hydrogen-bond acceptors (Lipinski definition) is 4. The van der Waals surface area contributed by atoms with E-state index in [0.717, 1.165) is 38.1 Å². The van der Waals surface area contributed by atoms with Gasteiger partial charge in [-0.25, -0.2) is 0 Å². The van der Waals surface area contributed by atoms with Gasteiger partial charge in [0.25, 0.3) is 0 Å². The molecule has 0 spiro atoms. The summed E-state index contributed by atoms with van der Waals surface area (Å²) in [5.41, 5.74) is 7.16. The van der Waals surface area contributed by atoms with E-state index in [4.69, 9.17) is 10.5 Å². The molecule has 2 rings (SSSR count). The van der Waals surface area contributed by atoms with Crippen LogP contribution >= 0.6 is 24.2 Å². The number of carbonyl (C=O) groups excluding carboxylic acids is 1. The number of nitrogens with two attached hydrogens (primary N) is 1. The summed E-state index contributed by atoms with van der Waals surface area (Å²) < 4.78 is 5.95. The van der Waals surface area contributed by atoms with E-state index in [9.17, 15) is 4.79 Å². The summed E-state index contributed by atoms with van der Waals surface area (Å²) in [7, 11) is 0. The van der Waals surface area contributed by atoms with Gasteiger partial charge in [0.15, 0.2) is 0 Å². The Kier molecular flexibility index (Phi) is 9.63. The number of likely N-dealkylation sites (tertiary alicyclic amines) is 1. The van der Waals surface area contributed by atoms with Crippen molar-refractivity contribution in [3.8, 4) is 0 Å². The molecule has 0 bridgehead atoms. The molecular formula is C17H27ClN2O2S. The summed E-state index contributed by atoms with van der Waals surface area (Å²) in [5.74, 6) is 1.03. The van der Waals surface area contributed by atoms with Crippen molar-refractivity contribution in [1.29, 1.82) is 0 Å². The summed E-state index contributed by atoms with van der Waals surface area (Å²) in [6.07, 6.45) is 4.82. The molecule has 0 aromatic heterocycles. The molecule has 0 saturated carbocycles. The standard InChI is InChI=1S/C17H26N2O2S.ClH/c1-22-12-9-16(18)17(20)19-10-7-15(8-11-19)21-13-14-5-3-2-4-6-14;/h2-6,15-16H,7-13,18H2,1H3;1H/t16-;/m0./s1. The number of halogens is 1. The van der Waals surface area contributed by atoms with Crippen molar-refractivity contribution in [1.82, 2.24) is 4.90 Å². The fourth-order valence-electron chi connectivity index (χ4n) is 2.63. The van der Waals surface area contributed by atoms with Gasteiger partial charge in [0.1, 0.15) is 0 Å². The van der Waals surface area contributed by atoms with Gasteiger partial charge in [0.2, 0.25) is 5.91 Å². The normalized spacial score (nSPS) is 16.7. The second-order valence-electron chi connectivity index (χ2n) is 5.71. The van der Waals surface area contributed by atoms with E-state index < -0.39 is 0 Å². The van der Waals surface area contributed by atoms with Crippen molar-refractivity contribution in [2.75, 3.05) is 25.1 Å². The van der Waals surface area contributed by atoms with Crippen molar-refractivity contribution in [3.05, 3.63) is 35.9 Å². The number of carbonyl (C=O) groups is 1. The van der Waals surface area contributed by atoms with Crippen LogP contribution in [-0.4, -0.2) is 48.1 Å². The van der Waals surface area contributed by atoms with E-state index in [1.807, 2.05) is 29.4 Å². The van der Waals surface area contributed by atoms with Crippen LogP contribution in [0.5, 0.6) is 0 Å². The van der Waals surface area contributed by atoms with Gasteiger partial charge >= 0.3 is 0 Å². The summed E-state index contributed by atoms with van der Waals surface area (Å²) >= 11 is 1.73. The van der Waals surface area contributed by atoms with Crippen LogP contribution in [0.1, 0.15) is 24.8 Å². The molecule has 4 nitrogen and oxygen atoms in total. The first kappa shape index (κ1) is 20.3. The molecular weight excluding hydrogens is 332 g/mol. The number of piperidine rings is 1. The Morgan fingerprint density at radius 2 is 2.00 bits per heavy atom. The second kappa shape index (κ2) is 10.9. The number of hydrogen-bond donors (Lipinski definition) is 1. The molecule has 1 aliphatic rings. The van der Waals surface area contributed by atoms with Crippen molar-refractivity contribution in [2.45, 2.75) is 38.0 Å². The van der Waals surface area contributed by atoms with Crippen molar-refractivity contribution in [2.24, 2.45) is 5.73 Å². The molecule has 0 aliphatic carbocycles. The zero-order valence-electron chi connectivity index (χ0n) is 13.6. The van der Waals surface area contributed by atoms with E-state index >= 15 is 0 Å². The average molecular weight is 359 g/mol. The molecule has 1 fully saturated rings. The fraction of sp³-hybridized carbons (Fsp3) is 0.588. The lowest BCUT2D eigenvalue weighted by Crippen LogP contribution is -2.48. The number of amides is 1. The highest BCUT2D eigenvalue weighted by molar-refractivity contribution is 7.98. The van der Waals surface area contributed by atoms with Gasteiger partial charge in [-0.3, -0.25) is 4.79 Å². The van der Waals surface area contributed by atoms with Crippen LogP contribution in [-0.2, 0) is 16.1 Å². The van der Waals surface area contributed by atoms with E-state index in [2.05, 4.69) is 12.1 Å². The Bertz CT molecular complexity index is 453. The van der Waals surface area contributed by atoms with Crippen molar-refractivity contribution < 1.29 is 9.53 Å². The number of benzene rings is 1. The molecule has 1 aromatic rings. The Hall–Kier alpha value is -0.750. The maximum atomic E-state index is 12.2. The molecule has 1 atom stereocenters. The number of rotatable bonds is 7. The van der Waals surface area contributed by atoms with Gasteiger partial charge < -0.3 is 15.4 Å². The first-order valence-electron chi connectivity index (χ1n) is 7.89. The highest BCUT2D eigenvalue weighted by Gasteiger charge is 2.26. The van der Waals surface area contributed by atoms with Crippen LogP contribution in [0.3, 0.4) is 0 Å². The van der Waals surface area contributed by atoms with Crippen LogP contribution in [0.25, 0.3) is 0 Å². The maximum Gasteiger partial charge on any atom is 0.239 e. The molecule has 6 heteroatoms. The lowest BCUT2D eigenvalue weighted by atomic mass is 10.1. The van der Waals surface area contributed by atoms with Gasteiger partial charge in [-0.2, -0.15) is 11.8 Å². The maximum absolute atomic E-state index is 12.2. The topological polar surface area (TPSA) is 55.6 Å². The summed E-state index contributed by atoms with van der Waals surface area (Å²) in [5, 5.41) is 0. The highest BCUT2D eigenvalue weighted by atomic mass is 35.5. The lowest BCUT2D eigenvalue weighted by molar-refractivity contribution is -0.135. The molecule has 1 amide bonds. The Morgan fingerprint density at radius 3 is 2.61 bits per heavy atom. The van der Waals surface area contributed by atoms with Gasteiger partial charge in [-0.05, 0) is 36.8 Å². The van der Waals surface area contributed by atoms with Crippen LogP contribution in [0.15, 0.2) is 30.3 Å². The van der Waals surface area contributed by atoms with Gasteiger partial charge in [0, 0.05) is 13.1 Å². The number of nitrogens with zero attached hydrogens (tertiary/aromatic N) is 1. The third kappa shape index (κ3) is 6.71. The molecule has 130 valence electrons. The van der Waals surface area contributed by atoms with E-state index in [1.54, 1.807) is 11.8 Å². The van der Waals surface area contributed by atoms with Crippen LogP contribution in [0.2, 0.25) is 0 Å². The van der Waals surface area contributed by atoms with Crippen molar-refractivity contribution >= 4 is 30.1 Å². The van der Waals surface area contributed by atoms with Gasteiger partial charge in [-0.1, -0.05) is 30.3 Å². The monoisotopic (exact) mass is 358 g/mol. The zero-order chi connectivity index (χ0) is 15.8. The lowest BCUT2D eigenvalue weighted by Gasteiger charge is -2.33. The minimum atomic E-state index is -0.353. The average Bonchev–Trinajstić information content (AvgIpc) is 2.58. The number of ether oxygens (including phenoxy) is 1. The summed E-state index contributed by atoms with van der Waals surface area (Å²) in [6.45, 7) is 2.16. The van der Waals surface area contributed by atoms with E-state index in [1.165, 1.54) is 5.56 Å². The smallest absolute Gasteiger partial charge is 0.239 e. The first-order chi connectivity index (χ1) is 10.7. The minimum absolute atomic E-state index is 0. The van der Waals surface area contributed by atoms with Crippen molar-refractivity contribution in [3.63, 3.8) is 0 Å². The second-order valence-corrected chi connectivity index (χ2v) is 6.69. The predicted molar refractivity (Wildman–Crippen MR) is 99.1 cm³/mol. The van der Waals surface area contributed by atoms with Crippen LogP contribution in [0.4, 0.5) is 0 Å². The Labute approximate surface area is 149 Å². The van der Waals surface area contributed by atoms with Gasteiger partial charge in [0.05, 0.1) is 18.8 Å². The zero-order valence-corrected chi connectivity index (χ0v) is 15.3. The van der Waals surface area contributed by atoms with Crippen LogP contribution in [0, 0.1) is 0 Å². The minimum Gasteiger partial charge on any atom is -0.373 e. The largest absolute Gasteiger partial charge is 0.373 e. The Morgan fingerprint density at radius 1 is 1.35 bits per heavy atom. The van der Waals surface area contributed by atoms with Gasteiger partial charge in [-0.15, -0.1) is 12.4 Å². The van der Waals surface area contributed by atoms with E-state index in [0.29, 0.717) is 6.61 Å².